The molecule has 2 fully saturated rings. The van der Waals surface area contributed by atoms with Crippen LogP contribution in [0.3, 0.4) is 0 Å². The molecule has 0 aliphatic carbocycles. The number of nitrogens with one attached hydrogen (secondary N) is 1. The molecule has 2 saturated heterocycles. The van der Waals surface area contributed by atoms with Gasteiger partial charge < -0.3 is 19.7 Å². The second-order valence-corrected chi connectivity index (χ2v) is 5.55. The molecule has 7 nitrogen and oxygen atoms in total. The molecular formula is C14H20N4O3. The van der Waals surface area contributed by atoms with E-state index in [0.29, 0.717) is 5.88 Å². The molecule has 114 valence electrons. The smallest absolute Gasteiger partial charge is 0.246 e. The molecule has 3 heterocycles. The highest BCUT2D eigenvalue weighted by molar-refractivity contribution is 5.78. The number of hydrogen-bond donors (Lipinski definition) is 1. The first kappa shape index (κ1) is 14.1. The van der Waals surface area contributed by atoms with E-state index >= 15 is 0 Å². The fraction of sp³-hybridized carbons (Fsp3) is 0.643. The van der Waals surface area contributed by atoms with Crippen molar-refractivity contribution in [3.8, 4) is 5.88 Å². The molecule has 3 rings (SSSR count). The van der Waals surface area contributed by atoms with Gasteiger partial charge in [0, 0.05) is 19.2 Å². The van der Waals surface area contributed by atoms with E-state index in [1.54, 1.807) is 7.11 Å². The molecule has 2 aliphatic rings. The van der Waals surface area contributed by atoms with Gasteiger partial charge in [0.15, 0.2) is 0 Å². The van der Waals surface area contributed by atoms with Crippen LogP contribution in [0.25, 0.3) is 0 Å². The van der Waals surface area contributed by atoms with Crippen molar-refractivity contribution in [1.29, 1.82) is 0 Å². The number of morpholine rings is 1. The highest BCUT2D eigenvalue weighted by atomic mass is 16.5. The van der Waals surface area contributed by atoms with Crippen molar-refractivity contribution in [1.82, 2.24) is 15.3 Å². The van der Waals surface area contributed by atoms with Crippen LogP contribution in [0.15, 0.2) is 12.4 Å². The van der Waals surface area contributed by atoms with Gasteiger partial charge in [0.25, 0.3) is 0 Å². The topological polar surface area (TPSA) is 76.6 Å². The first-order chi connectivity index (χ1) is 10.1. The predicted octanol–water partition coefficient (Wildman–Crippen LogP) is 0.359. The van der Waals surface area contributed by atoms with Gasteiger partial charge in [-0.05, 0) is 19.8 Å². The number of piperidine rings is 1. The second kappa shape index (κ2) is 5.48. The summed E-state index contributed by atoms with van der Waals surface area (Å²) in [6.07, 6.45) is 3.24. The molecule has 1 amide bonds. The zero-order valence-corrected chi connectivity index (χ0v) is 12.3. The summed E-state index contributed by atoms with van der Waals surface area (Å²) in [5.41, 5.74) is -0.248. The molecule has 0 radical (unpaired) electrons. The van der Waals surface area contributed by atoms with E-state index in [1.165, 1.54) is 6.33 Å². The molecule has 1 N–H and O–H groups in total. The van der Waals surface area contributed by atoms with Crippen molar-refractivity contribution in [3.05, 3.63) is 12.4 Å². The number of carbonyl (C=O) groups is 1. The Morgan fingerprint density at radius 1 is 1.43 bits per heavy atom. The minimum atomic E-state index is -0.248. The third-order valence-electron chi connectivity index (χ3n) is 4.43. The number of rotatable bonds is 2. The highest BCUT2D eigenvalue weighted by Crippen LogP contribution is 2.33. The fourth-order valence-corrected chi connectivity index (χ4v) is 3.06. The molecule has 1 aromatic heterocycles. The van der Waals surface area contributed by atoms with Gasteiger partial charge in [0.05, 0.1) is 18.8 Å². The number of aromatic nitrogens is 2. The van der Waals surface area contributed by atoms with Crippen molar-refractivity contribution < 1.29 is 14.3 Å². The summed E-state index contributed by atoms with van der Waals surface area (Å²) < 4.78 is 11.0. The number of hydrogen-bond acceptors (Lipinski definition) is 6. The number of ether oxygens (including phenoxy) is 2. The molecule has 7 heteroatoms. The third kappa shape index (κ3) is 2.65. The Kier molecular flexibility index (Phi) is 3.67. The molecule has 2 aliphatic heterocycles. The molecule has 0 saturated carbocycles. The van der Waals surface area contributed by atoms with Crippen molar-refractivity contribution in [2.45, 2.75) is 31.4 Å². The predicted molar refractivity (Wildman–Crippen MR) is 76.3 cm³/mol. The standard InChI is InChI=1S/C14H20N4O3/c1-10-14(21-8-12(19)17-10)3-5-18(6-4-14)11-7-13(20-2)16-9-15-11/h7,9-10H,3-6,8H2,1-2H3,(H,17,19). The summed E-state index contributed by atoms with van der Waals surface area (Å²) in [6.45, 7) is 3.84. The van der Waals surface area contributed by atoms with Gasteiger partial charge in [-0.2, -0.15) is 0 Å². The van der Waals surface area contributed by atoms with Gasteiger partial charge in [-0.15, -0.1) is 0 Å². The van der Waals surface area contributed by atoms with Crippen LogP contribution in [0.1, 0.15) is 19.8 Å². The van der Waals surface area contributed by atoms with Crippen LogP contribution in [0.4, 0.5) is 5.82 Å². The van der Waals surface area contributed by atoms with Gasteiger partial charge in [0.1, 0.15) is 18.8 Å². The van der Waals surface area contributed by atoms with Crippen LogP contribution < -0.4 is 15.0 Å². The SMILES string of the molecule is COc1cc(N2CCC3(CC2)OCC(=O)NC3C)ncn1. The third-order valence-corrected chi connectivity index (χ3v) is 4.43. The van der Waals surface area contributed by atoms with Crippen molar-refractivity contribution in [3.63, 3.8) is 0 Å². The van der Waals surface area contributed by atoms with Crippen LogP contribution in [0.5, 0.6) is 5.88 Å². The number of carbonyl (C=O) groups excluding carboxylic acids is 1. The monoisotopic (exact) mass is 292 g/mol. The van der Waals surface area contributed by atoms with Gasteiger partial charge in [-0.1, -0.05) is 0 Å². The van der Waals surface area contributed by atoms with Gasteiger partial charge in [-0.25, -0.2) is 9.97 Å². The Morgan fingerprint density at radius 2 is 2.19 bits per heavy atom. The first-order valence-corrected chi connectivity index (χ1v) is 7.17. The van der Waals surface area contributed by atoms with Gasteiger partial charge in [0.2, 0.25) is 11.8 Å². The van der Waals surface area contributed by atoms with E-state index in [1.807, 2.05) is 13.0 Å². The molecule has 0 bridgehead atoms. The average molecular weight is 292 g/mol. The first-order valence-electron chi connectivity index (χ1n) is 7.17. The van der Waals surface area contributed by atoms with Crippen molar-refractivity contribution in [2.75, 3.05) is 31.7 Å². The molecule has 1 spiro atoms. The minimum absolute atomic E-state index is 0.0314. The fourth-order valence-electron chi connectivity index (χ4n) is 3.06. The van der Waals surface area contributed by atoms with E-state index < -0.39 is 0 Å². The summed E-state index contributed by atoms with van der Waals surface area (Å²) >= 11 is 0. The molecule has 1 unspecified atom stereocenters. The number of amides is 1. The summed E-state index contributed by atoms with van der Waals surface area (Å²) in [6, 6.07) is 1.88. The Morgan fingerprint density at radius 3 is 2.86 bits per heavy atom. The largest absolute Gasteiger partial charge is 0.481 e. The van der Waals surface area contributed by atoms with E-state index in [0.717, 1.165) is 31.7 Å². The Bertz CT molecular complexity index is 529. The number of anilines is 1. The minimum Gasteiger partial charge on any atom is -0.481 e. The lowest BCUT2D eigenvalue weighted by Gasteiger charge is -2.47. The van der Waals surface area contributed by atoms with Crippen LogP contribution >= 0.6 is 0 Å². The van der Waals surface area contributed by atoms with Gasteiger partial charge in [-0.3, -0.25) is 4.79 Å². The van der Waals surface area contributed by atoms with E-state index in [2.05, 4.69) is 20.2 Å². The molecule has 1 atom stereocenters. The van der Waals surface area contributed by atoms with Crippen LogP contribution in [-0.2, 0) is 9.53 Å². The summed E-state index contributed by atoms with van der Waals surface area (Å²) in [4.78, 5) is 21.9. The van der Waals surface area contributed by atoms with E-state index in [9.17, 15) is 4.79 Å². The van der Waals surface area contributed by atoms with E-state index in [-0.39, 0.29) is 24.2 Å². The lowest BCUT2D eigenvalue weighted by Crippen LogP contribution is -2.62. The maximum atomic E-state index is 11.4. The normalized spacial score (nSPS) is 24.8. The molecule has 0 aromatic carbocycles. The zero-order valence-electron chi connectivity index (χ0n) is 12.3. The number of methoxy groups -OCH3 is 1. The van der Waals surface area contributed by atoms with Crippen molar-refractivity contribution >= 4 is 11.7 Å². The van der Waals surface area contributed by atoms with Crippen LogP contribution in [0.2, 0.25) is 0 Å². The summed E-state index contributed by atoms with van der Waals surface area (Å²) in [5.74, 6) is 1.40. The van der Waals surface area contributed by atoms with Gasteiger partial charge >= 0.3 is 0 Å². The Labute approximate surface area is 123 Å². The molecular weight excluding hydrogens is 272 g/mol. The van der Waals surface area contributed by atoms with Crippen LogP contribution in [-0.4, -0.2) is 54.3 Å². The average Bonchev–Trinajstić information content (AvgIpc) is 2.52. The maximum Gasteiger partial charge on any atom is 0.246 e. The Hall–Kier alpha value is -1.89. The maximum absolute atomic E-state index is 11.4. The highest BCUT2D eigenvalue weighted by Gasteiger charge is 2.44. The molecule has 1 aromatic rings. The summed E-state index contributed by atoms with van der Waals surface area (Å²) in [7, 11) is 1.59. The van der Waals surface area contributed by atoms with Crippen LogP contribution in [0, 0.1) is 0 Å². The zero-order chi connectivity index (χ0) is 14.9. The van der Waals surface area contributed by atoms with E-state index in [4.69, 9.17) is 9.47 Å². The lowest BCUT2D eigenvalue weighted by atomic mass is 9.83. The summed E-state index contributed by atoms with van der Waals surface area (Å²) in [5, 5.41) is 2.98. The lowest BCUT2D eigenvalue weighted by molar-refractivity contribution is -0.154. The second-order valence-electron chi connectivity index (χ2n) is 5.55. The number of nitrogens with zero attached hydrogens (tertiary/aromatic N) is 3. The molecule has 21 heavy (non-hydrogen) atoms. The Balaban J connectivity index is 1.68. The quantitative estimate of drug-likeness (QED) is 0.848. The van der Waals surface area contributed by atoms with Crippen molar-refractivity contribution in [2.24, 2.45) is 0 Å².